The van der Waals surface area contributed by atoms with Gasteiger partial charge in [-0.1, -0.05) is 12.1 Å². The lowest BCUT2D eigenvalue weighted by Crippen LogP contribution is -2.17. The number of hydrogen-bond acceptors (Lipinski definition) is 3. The van der Waals surface area contributed by atoms with Gasteiger partial charge in [-0.25, -0.2) is 4.79 Å². The molecule has 0 saturated carbocycles. The highest BCUT2D eigenvalue weighted by atomic mass is 19.4. The summed E-state index contributed by atoms with van der Waals surface area (Å²) >= 11 is 0. The number of benzene rings is 1. The molecule has 4 nitrogen and oxygen atoms in total. The fraction of sp³-hybridized carbons (Fsp3) is 0.200. The molecule has 1 N–H and O–H groups in total. The van der Waals surface area contributed by atoms with Gasteiger partial charge in [-0.05, 0) is 37.6 Å². The summed E-state index contributed by atoms with van der Waals surface area (Å²) in [6, 6.07) is 6.89. The number of aryl methyl sites for hydroxylation is 2. The summed E-state index contributed by atoms with van der Waals surface area (Å²) < 4.78 is 40.6. The molecule has 7 heteroatoms. The van der Waals surface area contributed by atoms with Gasteiger partial charge in [-0.2, -0.15) is 0 Å². The number of rotatable bonds is 3. The van der Waals surface area contributed by atoms with E-state index in [1.165, 1.54) is 31.2 Å². The monoisotopic (exact) mass is 311 g/mol. The molecule has 0 radical (unpaired) electrons. The third-order valence-electron chi connectivity index (χ3n) is 2.97. The Labute approximate surface area is 124 Å². The lowest BCUT2D eigenvalue weighted by Gasteiger charge is -2.11. The van der Waals surface area contributed by atoms with Crippen molar-refractivity contribution in [2.45, 2.75) is 20.2 Å². The van der Waals surface area contributed by atoms with Crippen LogP contribution in [0.25, 0.3) is 11.3 Å². The van der Waals surface area contributed by atoms with Gasteiger partial charge >= 0.3 is 12.3 Å². The third-order valence-corrected chi connectivity index (χ3v) is 2.97. The number of nitrogens with zero attached hydrogens (tertiary/aromatic N) is 1. The summed E-state index contributed by atoms with van der Waals surface area (Å²) in [7, 11) is 0. The number of carboxylic acids is 1. The van der Waals surface area contributed by atoms with E-state index in [-0.39, 0.29) is 11.3 Å². The summed E-state index contributed by atoms with van der Waals surface area (Å²) in [4.78, 5) is 15.3. The Balaban J connectivity index is 2.45. The predicted octanol–water partition coefficient (Wildman–Crippen LogP) is 3.96. The second-order valence-corrected chi connectivity index (χ2v) is 4.67. The smallest absolute Gasteiger partial charge is 0.478 e. The maximum absolute atomic E-state index is 12.2. The van der Waals surface area contributed by atoms with Crippen molar-refractivity contribution in [2.24, 2.45) is 0 Å². The normalized spacial score (nSPS) is 11.3. The molecule has 0 amide bonds. The summed E-state index contributed by atoms with van der Waals surface area (Å²) in [5.41, 5.74) is 1.66. The van der Waals surface area contributed by atoms with E-state index in [1.54, 1.807) is 13.0 Å². The number of carbonyl (C=O) groups is 1. The van der Waals surface area contributed by atoms with Crippen molar-refractivity contribution in [1.82, 2.24) is 4.98 Å². The van der Waals surface area contributed by atoms with Crippen molar-refractivity contribution >= 4 is 5.97 Å². The number of carboxylic acid groups (broad SMARTS) is 1. The van der Waals surface area contributed by atoms with Gasteiger partial charge in [0, 0.05) is 5.56 Å². The second-order valence-electron chi connectivity index (χ2n) is 4.67. The summed E-state index contributed by atoms with van der Waals surface area (Å²) in [6.07, 6.45) is -4.77. The van der Waals surface area contributed by atoms with Gasteiger partial charge in [0.25, 0.3) is 0 Å². The van der Waals surface area contributed by atoms with Crippen LogP contribution in [0.2, 0.25) is 0 Å². The fourth-order valence-corrected chi connectivity index (χ4v) is 2.16. The Morgan fingerprint density at radius 1 is 1.23 bits per heavy atom. The average molecular weight is 311 g/mol. The van der Waals surface area contributed by atoms with Gasteiger partial charge in [0.2, 0.25) is 0 Å². The second kappa shape index (κ2) is 5.67. The molecule has 0 saturated heterocycles. The standard InChI is InChI=1S/C15H12F3NO3/c1-8-6-12(19-9(2)13(8)14(20)21)10-4-3-5-11(7-10)22-15(16,17)18/h3-7H,1-2H3,(H,20,21). The topological polar surface area (TPSA) is 59.4 Å². The minimum Gasteiger partial charge on any atom is -0.478 e. The van der Waals surface area contributed by atoms with Crippen molar-refractivity contribution in [3.8, 4) is 17.0 Å². The van der Waals surface area contributed by atoms with Crippen molar-refractivity contribution in [3.63, 3.8) is 0 Å². The predicted molar refractivity (Wildman–Crippen MR) is 72.8 cm³/mol. The van der Waals surface area contributed by atoms with Crippen LogP contribution in [0.4, 0.5) is 13.2 Å². The highest BCUT2D eigenvalue weighted by Crippen LogP contribution is 2.28. The van der Waals surface area contributed by atoms with Crippen molar-refractivity contribution in [2.75, 3.05) is 0 Å². The van der Waals surface area contributed by atoms with Gasteiger partial charge in [0.1, 0.15) is 5.75 Å². The zero-order chi connectivity index (χ0) is 16.5. The lowest BCUT2D eigenvalue weighted by atomic mass is 10.0. The van der Waals surface area contributed by atoms with E-state index in [9.17, 15) is 18.0 Å². The minimum absolute atomic E-state index is 0.0893. The molecule has 0 aliphatic carbocycles. The number of aromatic nitrogens is 1. The van der Waals surface area contributed by atoms with Crippen LogP contribution < -0.4 is 4.74 Å². The molecule has 2 rings (SSSR count). The van der Waals surface area contributed by atoms with Gasteiger partial charge in [-0.15, -0.1) is 13.2 Å². The maximum atomic E-state index is 12.2. The number of pyridine rings is 1. The van der Waals surface area contributed by atoms with E-state index in [0.717, 1.165) is 0 Å². The summed E-state index contributed by atoms with van der Waals surface area (Å²) in [5, 5.41) is 9.09. The Bertz CT molecular complexity index is 703. The first-order valence-electron chi connectivity index (χ1n) is 6.25. The molecule has 1 aromatic carbocycles. The Morgan fingerprint density at radius 2 is 1.91 bits per heavy atom. The molecular weight excluding hydrogens is 299 g/mol. The van der Waals surface area contributed by atoms with Crippen molar-refractivity contribution < 1.29 is 27.8 Å². The molecule has 116 valence electrons. The zero-order valence-electron chi connectivity index (χ0n) is 11.7. The van der Waals surface area contributed by atoms with E-state index >= 15 is 0 Å². The van der Waals surface area contributed by atoms with Crippen molar-refractivity contribution in [1.29, 1.82) is 0 Å². The van der Waals surface area contributed by atoms with E-state index < -0.39 is 12.3 Å². The number of halogens is 3. The molecule has 1 aromatic heterocycles. The quantitative estimate of drug-likeness (QED) is 0.932. The van der Waals surface area contributed by atoms with Crippen LogP contribution in [0.15, 0.2) is 30.3 Å². The molecule has 0 spiro atoms. The molecule has 0 bridgehead atoms. The van der Waals surface area contributed by atoms with Crippen LogP contribution in [-0.4, -0.2) is 22.4 Å². The number of aromatic carboxylic acids is 1. The number of ether oxygens (including phenoxy) is 1. The summed E-state index contributed by atoms with van der Waals surface area (Å²) in [6.45, 7) is 3.15. The first kappa shape index (κ1) is 15.8. The highest BCUT2D eigenvalue weighted by Gasteiger charge is 2.31. The van der Waals surface area contributed by atoms with Gasteiger partial charge < -0.3 is 9.84 Å². The van der Waals surface area contributed by atoms with E-state index in [2.05, 4.69) is 9.72 Å². The first-order chi connectivity index (χ1) is 10.2. The minimum atomic E-state index is -4.77. The average Bonchev–Trinajstić information content (AvgIpc) is 2.35. The molecule has 0 aliphatic heterocycles. The third kappa shape index (κ3) is 3.55. The van der Waals surface area contributed by atoms with Crippen LogP contribution in [0, 0.1) is 13.8 Å². The molecule has 2 aromatic rings. The van der Waals surface area contributed by atoms with E-state index in [4.69, 9.17) is 5.11 Å². The van der Waals surface area contributed by atoms with Gasteiger partial charge in [-0.3, -0.25) is 4.98 Å². The Hall–Kier alpha value is -2.57. The van der Waals surface area contributed by atoms with E-state index in [1.807, 2.05) is 0 Å². The number of hydrogen-bond donors (Lipinski definition) is 1. The first-order valence-corrected chi connectivity index (χ1v) is 6.25. The molecule has 0 atom stereocenters. The fourth-order valence-electron chi connectivity index (χ4n) is 2.16. The SMILES string of the molecule is Cc1cc(-c2cccc(OC(F)(F)F)c2)nc(C)c1C(=O)O. The largest absolute Gasteiger partial charge is 0.573 e. The lowest BCUT2D eigenvalue weighted by molar-refractivity contribution is -0.274. The van der Waals surface area contributed by atoms with Crippen LogP contribution in [0.1, 0.15) is 21.6 Å². The Kier molecular flexibility index (Phi) is 4.07. The maximum Gasteiger partial charge on any atom is 0.573 e. The van der Waals surface area contributed by atoms with Gasteiger partial charge in [0.05, 0.1) is 17.0 Å². The van der Waals surface area contributed by atoms with E-state index in [0.29, 0.717) is 22.5 Å². The van der Waals surface area contributed by atoms with Gasteiger partial charge in [0.15, 0.2) is 0 Å². The molecule has 0 aliphatic rings. The molecular formula is C15H12F3NO3. The molecule has 0 fully saturated rings. The van der Waals surface area contributed by atoms with Crippen LogP contribution in [0.5, 0.6) is 5.75 Å². The van der Waals surface area contributed by atoms with Crippen molar-refractivity contribution in [3.05, 3.63) is 47.2 Å². The number of alkyl halides is 3. The van der Waals surface area contributed by atoms with Crippen LogP contribution in [-0.2, 0) is 0 Å². The molecule has 0 unspecified atom stereocenters. The molecule has 22 heavy (non-hydrogen) atoms. The van der Waals surface area contributed by atoms with Crippen LogP contribution >= 0.6 is 0 Å². The molecule has 1 heterocycles. The van der Waals surface area contributed by atoms with Crippen LogP contribution in [0.3, 0.4) is 0 Å². The zero-order valence-corrected chi connectivity index (χ0v) is 11.7. The summed E-state index contributed by atoms with van der Waals surface area (Å²) in [5.74, 6) is -1.45. The highest BCUT2D eigenvalue weighted by molar-refractivity contribution is 5.91. The Morgan fingerprint density at radius 3 is 2.45 bits per heavy atom.